The van der Waals surface area contributed by atoms with Gasteiger partial charge in [-0.25, -0.2) is 0 Å². The largest absolute Gasteiger partial charge is 0.316 e. The Bertz CT molecular complexity index is 382. The molecule has 0 fully saturated rings. The second kappa shape index (κ2) is 4.57. The number of aryl methyl sites for hydroxylation is 2. The second-order valence-electron chi connectivity index (χ2n) is 2.90. The van der Waals surface area contributed by atoms with E-state index in [9.17, 15) is 0 Å². The van der Waals surface area contributed by atoms with Crippen LogP contribution in [-0.4, -0.2) is 14.8 Å². The van der Waals surface area contributed by atoms with E-state index in [4.69, 9.17) is 11.6 Å². The van der Waals surface area contributed by atoms with Gasteiger partial charge >= 0.3 is 0 Å². The summed E-state index contributed by atoms with van der Waals surface area (Å²) in [5.74, 6) is 1.26. The quantitative estimate of drug-likeness (QED) is 0.751. The molecule has 2 heterocycles. The maximum absolute atomic E-state index is 5.71. The molecule has 3 nitrogen and oxygen atoms in total. The molecule has 0 amide bonds. The maximum atomic E-state index is 5.71. The Hall–Kier alpha value is -0.870. The Morgan fingerprint density at radius 3 is 3.14 bits per heavy atom. The summed E-state index contributed by atoms with van der Waals surface area (Å²) in [6.45, 7) is 0.898. The average Bonchev–Trinajstić information content (AvgIpc) is 2.85. The summed E-state index contributed by atoms with van der Waals surface area (Å²) in [4.78, 5) is 1.37. The molecule has 74 valence electrons. The van der Waals surface area contributed by atoms with E-state index in [0.29, 0.717) is 5.88 Å². The molecule has 14 heavy (non-hydrogen) atoms. The van der Waals surface area contributed by atoms with E-state index < -0.39 is 0 Å². The van der Waals surface area contributed by atoms with E-state index in [-0.39, 0.29) is 0 Å². The lowest BCUT2D eigenvalue weighted by Gasteiger charge is -2.02. The number of halogens is 1. The van der Waals surface area contributed by atoms with Gasteiger partial charge in [0, 0.05) is 11.4 Å². The number of rotatable bonds is 4. The third-order valence-electron chi connectivity index (χ3n) is 1.99. The van der Waals surface area contributed by atoms with Crippen molar-refractivity contribution in [1.29, 1.82) is 0 Å². The highest BCUT2D eigenvalue weighted by Gasteiger charge is 2.02. The summed E-state index contributed by atoms with van der Waals surface area (Å²) in [6, 6.07) is 4.20. The lowest BCUT2D eigenvalue weighted by Crippen LogP contribution is -2.03. The topological polar surface area (TPSA) is 30.7 Å². The van der Waals surface area contributed by atoms with Gasteiger partial charge in [0.05, 0.1) is 5.88 Å². The molecule has 0 aliphatic heterocycles. The monoisotopic (exact) mass is 227 g/mol. The van der Waals surface area contributed by atoms with Crippen molar-refractivity contribution in [3.8, 4) is 0 Å². The summed E-state index contributed by atoms with van der Waals surface area (Å²) in [5, 5.41) is 9.83. The van der Waals surface area contributed by atoms with Gasteiger partial charge in [-0.05, 0) is 17.9 Å². The zero-order chi connectivity index (χ0) is 9.80. The van der Waals surface area contributed by atoms with E-state index >= 15 is 0 Å². The molecule has 0 aliphatic carbocycles. The van der Waals surface area contributed by atoms with E-state index in [0.717, 1.165) is 18.8 Å². The van der Waals surface area contributed by atoms with Crippen molar-refractivity contribution in [2.45, 2.75) is 18.8 Å². The summed E-state index contributed by atoms with van der Waals surface area (Å²) < 4.78 is 1.99. The molecule has 0 spiro atoms. The average molecular weight is 228 g/mol. The Morgan fingerprint density at radius 1 is 1.50 bits per heavy atom. The molecular weight excluding hydrogens is 218 g/mol. The van der Waals surface area contributed by atoms with Crippen LogP contribution in [0.3, 0.4) is 0 Å². The van der Waals surface area contributed by atoms with Crippen molar-refractivity contribution in [2.75, 3.05) is 0 Å². The van der Waals surface area contributed by atoms with Gasteiger partial charge in [0.2, 0.25) is 0 Å². The number of aromatic nitrogens is 3. The van der Waals surface area contributed by atoms with E-state index in [2.05, 4.69) is 27.7 Å². The minimum absolute atomic E-state index is 0.421. The number of thiophene rings is 1. The van der Waals surface area contributed by atoms with Gasteiger partial charge in [-0.15, -0.1) is 33.1 Å². The number of hydrogen-bond acceptors (Lipinski definition) is 3. The first kappa shape index (κ1) is 9.68. The van der Waals surface area contributed by atoms with Crippen molar-refractivity contribution < 1.29 is 0 Å². The van der Waals surface area contributed by atoms with Crippen LogP contribution in [0.15, 0.2) is 23.8 Å². The van der Waals surface area contributed by atoms with Gasteiger partial charge < -0.3 is 4.57 Å². The Morgan fingerprint density at radius 2 is 2.43 bits per heavy atom. The molecule has 0 unspecified atom stereocenters. The first-order valence-corrected chi connectivity index (χ1v) is 5.76. The van der Waals surface area contributed by atoms with Gasteiger partial charge in [0.25, 0.3) is 0 Å². The molecule has 0 atom stereocenters. The molecule has 2 rings (SSSR count). The predicted octanol–water partition coefficient (Wildman–Crippen LogP) is 2.32. The van der Waals surface area contributed by atoms with Crippen LogP contribution in [0, 0.1) is 0 Å². The predicted molar refractivity (Wildman–Crippen MR) is 57.6 cm³/mol. The lowest BCUT2D eigenvalue weighted by atomic mass is 10.3. The zero-order valence-corrected chi connectivity index (χ0v) is 9.13. The molecule has 2 aromatic heterocycles. The van der Waals surface area contributed by atoms with Crippen LogP contribution in [0.1, 0.15) is 10.7 Å². The van der Waals surface area contributed by atoms with Gasteiger partial charge in [0.1, 0.15) is 12.2 Å². The van der Waals surface area contributed by atoms with Crippen molar-refractivity contribution >= 4 is 22.9 Å². The minimum Gasteiger partial charge on any atom is -0.316 e. The molecule has 5 heteroatoms. The fourth-order valence-electron chi connectivity index (χ4n) is 1.25. The highest BCUT2D eigenvalue weighted by Crippen LogP contribution is 2.10. The molecule has 0 aliphatic rings. The van der Waals surface area contributed by atoms with Gasteiger partial charge in [-0.1, -0.05) is 6.07 Å². The van der Waals surface area contributed by atoms with Crippen molar-refractivity contribution in [1.82, 2.24) is 14.8 Å². The Kier molecular flexibility index (Phi) is 3.16. The third-order valence-corrected chi connectivity index (χ3v) is 3.17. The van der Waals surface area contributed by atoms with E-state index in [1.54, 1.807) is 17.7 Å². The summed E-state index contributed by atoms with van der Waals surface area (Å²) >= 11 is 7.48. The lowest BCUT2D eigenvalue weighted by molar-refractivity contribution is 0.673. The van der Waals surface area contributed by atoms with E-state index in [1.807, 2.05) is 4.57 Å². The molecule has 2 aromatic rings. The van der Waals surface area contributed by atoms with Crippen LogP contribution in [-0.2, 0) is 18.8 Å². The molecular formula is C9H10ClN3S. The summed E-state index contributed by atoms with van der Waals surface area (Å²) in [5.41, 5.74) is 0. The molecule has 0 aromatic carbocycles. The summed E-state index contributed by atoms with van der Waals surface area (Å²) in [6.07, 6.45) is 2.74. The Balaban J connectivity index is 1.98. The SMILES string of the molecule is ClCc1nncn1CCc1cccs1. The summed E-state index contributed by atoms with van der Waals surface area (Å²) in [7, 11) is 0. The molecule has 0 bridgehead atoms. The fourth-order valence-corrected chi connectivity index (χ4v) is 2.16. The molecule has 0 radical (unpaired) electrons. The first-order valence-electron chi connectivity index (χ1n) is 4.35. The highest BCUT2D eigenvalue weighted by atomic mass is 35.5. The van der Waals surface area contributed by atoms with Crippen LogP contribution in [0.2, 0.25) is 0 Å². The van der Waals surface area contributed by atoms with Gasteiger partial charge in [-0.2, -0.15) is 0 Å². The van der Waals surface area contributed by atoms with Gasteiger partial charge in [0.15, 0.2) is 0 Å². The van der Waals surface area contributed by atoms with Crippen LogP contribution in [0.4, 0.5) is 0 Å². The number of alkyl halides is 1. The van der Waals surface area contributed by atoms with Crippen molar-refractivity contribution in [2.24, 2.45) is 0 Å². The Labute approximate surface area is 91.4 Å². The standard InChI is InChI=1S/C9H10ClN3S/c10-6-9-12-11-7-13(9)4-3-8-2-1-5-14-8/h1-2,5,7H,3-4,6H2. The second-order valence-corrected chi connectivity index (χ2v) is 4.20. The molecule has 0 saturated heterocycles. The third kappa shape index (κ3) is 2.13. The zero-order valence-electron chi connectivity index (χ0n) is 7.56. The van der Waals surface area contributed by atoms with Crippen molar-refractivity contribution in [3.05, 3.63) is 34.5 Å². The maximum Gasteiger partial charge on any atom is 0.147 e. The fraction of sp³-hybridized carbons (Fsp3) is 0.333. The molecule has 0 N–H and O–H groups in total. The van der Waals surface area contributed by atoms with Crippen LogP contribution < -0.4 is 0 Å². The minimum atomic E-state index is 0.421. The van der Waals surface area contributed by atoms with E-state index in [1.165, 1.54) is 4.88 Å². The van der Waals surface area contributed by atoms with Crippen molar-refractivity contribution in [3.63, 3.8) is 0 Å². The molecule has 0 saturated carbocycles. The smallest absolute Gasteiger partial charge is 0.147 e. The number of hydrogen-bond donors (Lipinski definition) is 0. The normalized spacial score (nSPS) is 10.6. The van der Waals surface area contributed by atoms with Crippen LogP contribution in [0.25, 0.3) is 0 Å². The van der Waals surface area contributed by atoms with Gasteiger partial charge in [-0.3, -0.25) is 0 Å². The first-order chi connectivity index (χ1) is 6.90. The highest BCUT2D eigenvalue weighted by molar-refractivity contribution is 7.09. The van der Waals surface area contributed by atoms with Crippen LogP contribution in [0.5, 0.6) is 0 Å². The van der Waals surface area contributed by atoms with Crippen LogP contribution >= 0.6 is 22.9 Å². The number of nitrogens with zero attached hydrogens (tertiary/aromatic N) is 3.